The van der Waals surface area contributed by atoms with Crippen LogP contribution in [0.4, 0.5) is 0 Å². The summed E-state index contributed by atoms with van der Waals surface area (Å²) in [6.45, 7) is 8.02. The van der Waals surface area contributed by atoms with E-state index >= 15 is 0 Å². The molecule has 0 saturated carbocycles. The van der Waals surface area contributed by atoms with Crippen molar-refractivity contribution in [2.75, 3.05) is 0 Å². The molecule has 0 aromatic heterocycles. The lowest BCUT2D eigenvalue weighted by Crippen LogP contribution is -2.53. The predicted octanol–water partition coefficient (Wildman–Crippen LogP) is 2.16. The standard InChI is InChI=1S/C15H23N5O2.BrH/c1-10(2)22-12-7-5-11(6-8-12)9-21-20-14(17)18-13(16)19-15(20,3)4;/h5-8,10H,9H2,1-4H3,(H4,16,17,18,19);1H. The fourth-order valence-corrected chi connectivity index (χ4v) is 2.09. The number of aliphatic imine (C=N–C) groups is 2. The average molecular weight is 386 g/mol. The number of hydrogen-bond donors (Lipinski definition) is 2. The fourth-order valence-electron chi connectivity index (χ4n) is 2.09. The minimum Gasteiger partial charge on any atom is -0.491 e. The van der Waals surface area contributed by atoms with Gasteiger partial charge in [-0.1, -0.05) is 12.1 Å². The van der Waals surface area contributed by atoms with Gasteiger partial charge in [-0.2, -0.15) is 10.1 Å². The van der Waals surface area contributed by atoms with Crippen molar-refractivity contribution in [2.45, 2.75) is 46.1 Å². The number of benzene rings is 1. The van der Waals surface area contributed by atoms with Crippen LogP contribution < -0.4 is 16.2 Å². The van der Waals surface area contributed by atoms with Crippen LogP contribution in [0.3, 0.4) is 0 Å². The van der Waals surface area contributed by atoms with Gasteiger partial charge in [0.1, 0.15) is 12.4 Å². The van der Waals surface area contributed by atoms with Crippen molar-refractivity contribution in [1.82, 2.24) is 5.06 Å². The van der Waals surface area contributed by atoms with Crippen LogP contribution in [0.15, 0.2) is 34.3 Å². The van der Waals surface area contributed by atoms with E-state index in [0.29, 0.717) is 6.61 Å². The maximum Gasteiger partial charge on any atom is 0.226 e. The third kappa shape index (κ3) is 5.11. The van der Waals surface area contributed by atoms with E-state index in [1.807, 2.05) is 52.0 Å². The lowest BCUT2D eigenvalue weighted by molar-refractivity contribution is -0.166. The van der Waals surface area contributed by atoms with Crippen LogP contribution >= 0.6 is 17.0 Å². The molecule has 1 aliphatic heterocycles. The Hall–Kier alpha value is -1.80. The Morgan fingerprint density at radius 1 is 1.17 bits per heavy atom. The Morgan fingerprint density at radius 3 is 2.30 bits per heavy atom. The summed E-state index contributed by atoms with van der Waals surface area (Å²) in [7, 11) is 0. The molecule has 0 spiro atoms. The van der Waals surface area contributed by atoms with E-state index in [2.05, 4.69) is 9.98 Å². The molecule has 1 aromatic rings. The lowest BCUT2D eigenvalue weighted by Gasteiger charge is -2.36. The number of hydrogen-bond acceptors (Lipinski definition) is 7. The number of halogens is 1. The van der Waals surface area contributed by atoms with Gasteiger partial charge in [0.2, 0.25) is 11.9 Å². The summed E-state index contributed by atoms with van der Waals surface area (Å²) in [4.78, 5) is 13.9. The van der Waals surface area contributed by atoms with Crippen molar-refractivity contribution in [3.63, 3.8) is 0 Å². The molecule has 7 nitrogen and oxygen atoms in total. The number of ether oxygens (including phenoxy) is 1. The zero-order valence-electron chi connectivity index (χ0n) is 13.8. The summed E-state index contributed by atoms with van der Waals surface area (Å²) >= 11 is 0. The van der Waals surface area contributed by atoms with Gasteiger partial charge < -0.3 is 16.2 Å². The van der Waals surface area contributed by atoms with Crippen molar-refractivity contribution in [3.05, 3.63) is 29.8 Å². The third-order valence-corrected chi connectivity index (χ3v) is 2.98. The number of nitrogens with two attached hydrogens (primary N) is 2. The van der Waals surface area contributed by atoms with E-state index in [0.717, 1.165) is 11.3 Å². The molecule has 128 valence electrons. The topological polar surface area (TPSA) is 98.5 Å². The highest BCUT2D eigenvalue weighted by molar-refractivity contribution is 8.93. The predicted molar refractivity (Wildman–Crippen MR) is 96.5 cm³/mol. The Labute approximate surface area is 147 Å². The summed E-state index contributed by atoms with van der Waals surface area (Å²) in [5, 5.41) is 1.46. The summed E-state index contributed by atoms with van der Waals surface area (Å²) in [5.74, 6) is 1.17. The third-order valence-electron chi connectivity index (χ3n) is 2.98. The Morgan fingerprint density at radius 2 is 1.78 bits per heavy atom. The molecule has 1 heterocycles. The van der Waals surface area contributed by atoms with Crippen LogP contribution in [0.1, 0.15) is 33.3 Å². The van der Waals surface area contributed by atoms with Gasteiger partial charge in [0, 0.05) is 0 Å². The molecule has 1 aromatic carbocycles. The van der Waals surface area contributed by atoms with Gasteiger partial charge >= 0.3 is 0 Å². The second kappa shape index (κ2) is 7.65. The quantitative estimate of drug-likeness (QED) is 0.808. The highest BCUT2D eigenvalue weighted by atomic mass is 79.9. The van der Waals surface area contributed by atoms with Gasteiger partial charge in [-0.25, -0.2) is 4.99 Å². The average Bonchev–Trinajstić information content (AvgIpc) is 2.37. The van der Waals surface area contributed by atoms with E-state index < -0.39 is 5.66 Å². The first kappa shape index (κ1) is 19.2. The van der Waals surface area contributed by atoms with E-state index in [4.69, 9.17) is 21.0 Å². The molecule has 4 N–H and O–H groups in total. The van der Waals surface area contributed by atoms with E-state index in [-0.39, 0.29) is 35.0 Å². The highest BCUT2D eigenvalue weighted by Crippen LogP contribution is 2.21. The molecule has 0 unspecified atom stereocenters. The molecule has 0 aliphatic carbocycles. The molecular weight excluding hydrogens is 362 g/mol. The Balaban J connectivity index is 0.00000264. The van der Waals surface area contributed by atoms with Gasteiger partial charge in [0.05, 0.1) is 6.10 Å². The summed E-state index contributed by atoms with van der Waals surface area (Å²) in [6.07, 6.45) is 0.149. The zero-order chi connectivity index (χ0) is 16.3. The molecule has 8 heteroatoms. The van der Waals surface area contributed by atoms with E-state index in [9.17, 15) is 0 Å². The molecule has 23 heavy (non-hydrogen) atoms. The molecule has 0 fully saturated rings. The van der Waals surface area contributed by atoms with Crippen LogP contribution in [0, 0.1) is 0 Å². The second-order valence-electron chi connectivity index (χ2n) is 5.81. The smallest absolute Gasteiger partial charge is 0.226 e. The lowest BCUT2D eigenvalue weighted by atomic mass is 10.2. The van der Waals surface area contributed by atoms with Crippen LogP contribution in [0.2, 0.25) is 0 Å². The van der Waals surface area contributed by atoms with Crippen LogP contribution in [0.25, 0.3) is 0 Å². The Bertz CT molecular complexity index is 584. The fraction of sp³-hybridized carbons (Fsp3) is 0.467. The Kier molecular flexibility index (Phi) is 6.40. The first-order valence-electron chi connectivity index (χ1n) is 7.16. The maximum atomic E-state index is 5.86. The molecule has 0 amide bonds. The van der Waals surface area contributed by atoms with Gasteiger partial charge in [0.15, 0.2) is 5.66 Å². The second-order valence-corrected chi connectivity index (χ2v) is 5.81. The number of rotatable bonds is 5. The largest absolute Gasteiger partial charge is 0.491 e. The number of guanidine groups is 2. The van der Waals surface area contributed by atoms with Crippen LogP contribution in [0.5, 0.6) is 5.75 Å². The first-order chi connectivity index (χ1) is 10.3. The number of hydroxylamine groups is 2. The van der Waals surface area contributed by atoms with Crippen LogP contribution in [-0.4, -0.2) is 28.7 Å². The highest BCUT2D eigenvalue weighted by Gasteiger charge is 2.33. The van der Waals surface area contributed by atoms with Crippen LogP contribution in [-0.2, 0) is 11.4 Å². The monoisotopic (exact) mass is 385 g/mol. The molecule has 0 radical (unpaired) electrons. The molecule has 0 saturated heterocycles. The SMILES string of the molecule is Br.CC(C)Oc1ccc(CON2C(N)=NC(N)=NC2(C)C)cc1. The van der Waals surface area contributed by atoms with Crippen molar-refractivity contribution in [2.24, 2.45) is 21.5 Å². The summed E-state index contributed by atoms with van der Waals surface area (Å²) < 4.78 is 5.60. The van der Waals surface area contributed by atoms with Crippen molar-refractivity contribution in [3.8, 4) is 5.75 Å². The van der Waals surface area contributed by atoms with E-state index in [1.54, 1.807) is 0 Å². The van der Waals surface area contributed by atoms with Gasteiger partial charge in [0.25, 0.3) is 0 Å². The zero-order valence-corrected chi connectivity index (χ0v) is 15.5. The van der Waals surface area contributed by atoms with Crippen molar-refractivity contribution < 1.29 is 9.57 Å². The first-order valence-corrected chi connectivity index (χ1v) is 7.16. The summed E-state index contributed by atoms with van der Waals surface area (Å²) in [5.41, 5.74) is 11.8. The number of nitrogens with zero attached hydrogens (tertiary/aromatic N) is 3. The van der Waals surface area contributed by atoms with Gasteiger partial charge in [-0.05, 0) is 45.4 Å². The molecule has 0 bridgehead atoms. The normalized spacial score (nSPS) is 16.5. The molecule has 2 rings (SSSR count). The van der Waals surface area contributed by atoms with Gasteiger partial charge in [-0.15, -0.1) is 17.0 Å². The maximum absolute atomic E-state index is 5.86. The summed E-state index contributed by atoms with van der Waals surface area (Å²) in [6, 6.07) is 7.71. The molecular formula is C15H24BrN5O2. The van der Waals surface area contributed by atoms with Gasteiger partial charge in [-0.3, -0.25) is 4.84 Å². The molecule has 0 atom stereocenters. The van der Waals surface area contributed by atoms with E-state index in [1.165, 1.54) is 5.06 Å². The van der Waals surface area contributed by atoms with Crippen molar-refractivity contribution >= 4 is 28.9 Å². The van der Waals surface area contributed by atoms with Crippen molar-refractivity contribution in [1.29, 1.82) is 0 Å². The minimum atomic E-state index is -0.698. The molecule has 1 aliphatic rings. The minimum absolute atomic E-state index is 0.